The number of aryl methyl sites for hydroxylation is 2. The Kier molecular flexibility index (Phi) is 4.40. The van der Waals surface area contributed by atoms with E-state index >= 15 is 0 Å². The lowest BCUT2D eigenvalue weighted by molar-refractivity contribution is 0.494. The van der Waals surface area contributed by atoms with Gasteiger partial charge in [0.15, 0.2) is 0 Å². The Bertz CT molecular complexity index is 787. The summed E-state index contributed by atoms with van der Waals surface area (Å²) in [5.41, 5.74) is 6.26. The maximum absolute atomic E-state index is 13.2. The molecule has 1 aromatic carbocycles. The summed E-state index contributed by atoms with van der Waals surface area (Å²) >= 11 is 3.01. The van der Waals surface area contributed by atoms with Crippen molar-refractivity contribution in [2.24, 2.45) is 5.73 Å². The average molecular weight is 377 g/mol. The Balaban J connectivity index is 2.45. The molecule has 0 atom stereocenters. The predicted molar refractivity (Wildman–Crippen MR) is 81.0 cm³/mol. The van der Waals surface area contributed by atoms with Crippen LogP contribution >= 0.6 is 15.9 Å². The molecule has 0 saturated carbocycles. The fourth-order valence-corrected chi connectivity index (χ4v) is 3.95. The Hall–Kier alpha value is -1.38. The van der Waals surface area contributed by atoms with Crippen molar-refractivity contribution in [3.8, 4) is 0 Å². The summed E-state index contributed by atoms with van der Waals surface area (Å²) < 4.78 is 46.0. The molecule has 0 aliphatic rings. The molecule has 0 amide bonds. The van der Waals surface area contributed by atoms with Gasteiger partial charge in [-0.2, -0.15) is 0 Å². The van der Waals surface area contributed by atoms with Crippen LogP contribution in [0, 0.1) is 19.7 Å². The van der Waals surface area contributed by atoms with E-state index in [1.807, 2.05) is 0 Å². The van der Waals surface area contributed by atoms with E-state index in [9.17, 15) is 12.8 Å². The number of anilines is 1. The summed E-state index contributed by atoms with van der Waals surface area (Å²) in [4.78, 5) is 0.0305. The van der Waals surface area contributed by atoms with E-state index in [1.54, 1.807) is 13.8 Å². The number of hydrogen-bond donors (Lipinski definition) is 2. The monoisotopic (exact) mass is 376 g/mol. The minimum atomic E-state index is -3.86. The van der Waals surface area contributed by atoms with E-state index in [-0.39, 0.29) is 27.4 Å². The molecule has 5 nitrogen and oxygen atoms in total. The van der Waals surface area contributed by atoms with Gasteiger partial charge >= 0.3 is 0 Å². The Labute approximate surface area is 130 Å². The lowest BCUT2D eigenvalue weighted by Crippen LogP contribution is -2.16. The second-order valence-corrected chi connectivity index (χ2v) is 6.93. The van der Waals surface area contributed by atoms with Crippen LogP contribution in [0.2, 0.25) is 0 Å². The van der Waals surface area contributed by atoms with E-state index in [2.05, 4.69) is 20.7 Å². The van der Waals surface area contributed by atoms with Crippen LogP contribution < -0.4 is 10.5 Å². The third-order valence-corrected chi connectivity index (χ3v) is 5.15. The molecule has 0 fully saturated rings. The first kappa shape index (κ1) is 16.0. The van der Waals surface area contributed by atoms with Crippen LogP contribution in [0.5, 0.6) is 0 Å². The van der Waals surface area contributed by atoms with Gasteiger partial charge < -0.3 is 10.2 Å². The number of nitrogens with one attached hydrogen (secondary N) is 1. The highest BCUT2D eigenvalue weighted by Crippen LogP contribution is 2.29. The first-order valence-corrected chi connectivity index (χ1v) is 8.30. The fourth-order valence-electron chi connectivity index (χ4n) is 2.06. The summed E-state index contributed by atoms with van der Waals surface area (Å²) in [6.07, 6.45) is 0. The number of hydrogen-bond acceptors (Lipinski definition) is 4. The zero-order chi connectivity index (χ0) is 15.8. The van der Waals surface area contributed by atoms with Crippen LogP contribution in [0.3, 0.4) is 0 Å². The highest BCUT2D eigenvalue weighted by Gasteiger charge is 2.26. The van der Waals surface area contributed by atoms with Crippen molar-refractivity contribution in [2.75, 3.05) is 4.72 Å². The number of sulfonamides is 1. The van der Waals surface area contributed by atoms with Gasteiger partial charge in [0.05, 0.1) is 10.2 Å². The third-order valence-electron chi connectivity index (χ3n) is 2.97. The number of rotatable bonds is 4. The first-order valence-electron chi connectivity index (χ1n) is 6.03. The molecule has 0 bridgehead atoms. The molecule has 0 saturated heterocycles. The van der Waals surface area contributed by atoms with Crippen molar-refractivity contribution in [2.45, 2.75) is 25.3 Å². The molecule has 3 N–H and O–H groups in total. The van der Waals surface area contributed by atoms with Crippen LogP contribution in [-0.4, -0.2) is 8.42 Å². The molecule has 0 unspecified atom stereocenters. The number of nitrogens with two attached hydrogens (primary N) is 1. The summed E-state index contributed by atoms with van der Waals surface area (Å²) in [6, 6.07) is 3.85. The maximum Gasteiger partial charge on any atom is 0.265 e. The second kappa shape index (κ2) is 5.78. The van der Waals surface area contributed by atoms with Gasteiger partial charge in [0.1, 0.15) is 22.2 Å². The minimum absolute atomic E-state index is 0.0305. The van der Waals surface area contributed by atoms with Gasteiger partial charge in [0.25, 0.3) is 10.0 Å². The van der Waals surface area contributed by atoms with Crippen LogP contribution in [0.15, 0.2) is 32.0 Å². The molecule has 0 aliphatic carbocycles. The summed E-state index contributed by atoms with van der Waals surface area (Å²) in [5, 5.41) is 0. The van der Waals surface area contributed by atoms with Gasteiger partial charge in [-0.1, -0.05) is 0 Å². The molecule has 1 aromatic heterocycles. The standard InChI is InChI=1S/C13H14BrFN2O3S/c1-7-10(6-16)13(8(2)20-7)21(18,19)17-9-3-4-12(15)11(14)5-9/h3-5,17H,6,16H2,1-2H3. The van der Waals surface area contributed by atoms with E-state index in [0.29, 0.717) is 11.3 Å². The molecule has 21 heavy (non-hydrogen) atoms. The quantitative estimate of drug-likeness (QED) is 0.858. The summed E-state index contributed by atoms with van der Waals surface area (Å²) in [5.74, 6) is 0.258. The van der Waals surface area contributed by atoms with Crippen molar-refractivity contribution in [3.05, 3.63) is 45.6 Å². The van der Waals surface area contributed by atoms with Gasteiger partial charge in [-0.15, -0.1) is 0 Å². The van der Waals surface area contributed by atoms with Crippen molar-refractivity contribution in [1.82, 2.24) is 0 Å². The molecule has 2 aromatic rings. The first-order chi connectivity index (χ1) is 9.76. The molecule has 114 valence electrons. The van der Waals surface area contributed by atoms with Crippen molar-refractivity contribution in [3.63, 3.8) is 0 Å². The topological polar surface area (TPSA) is 85.3 Å². The molecule has 0 spiro atoms. The Morgan fingerprint density at radius 3 is 2.57 bits per heavy atom. The molecule has 0 radical (unpaired) electrons. The lowest BCUT2D eigenvalue weighted by Gasteiger charge is -2.09. The molecule has 0 aliphatic heterocycles. The molecule has 8 heteroatoms. The van der Waals surface area contributed by atoms with Gasteiger partial charge in [0, 0.05) is 12.1 Å². The molecular weight excluding hydrogens is 363 g/mol. The SMILES string of the molecule is Cc1oc(C)c(S(=O)(=O)Nc2ccc(F)c(Br)c2)c1CN. The number of benzene rings is 1. The third kappa shape index (κ3) is 3.12. The maximum atomic E-state index is 13.2. The molecule has 1 heterocycles. The lowest BCUT2D eigenvalue weighted by atomic mass is 10.2. The summed E-state index contributed by atoms with van der Waals surface area (Å²) in [7, 11) is -3.86. The normalized spacial score (nSPS) is 11.7. The van der Waals surface area contributed by atoms with Crippen LogP contribution in [0.4, 0.5) is 10.1 Å². The molecule has 2 rings (SSSR count). The van der Waals surface area contributed by atoms with Crippen molar-refractivity contribution < 1.29 is 17.2 Å². The largest absolute Gasteiger partial charge is 0.465 e. The van der Waals surface area contributed by atoms with Crippen LogP contribution in [0.1, 0.15) is 17.1 Å². The second-order valence-electron chi connectivity index (χ2n) is 4.46. The van der Waals surface area contributed by atoms with Gasteiger partial charge in [-0.3, -0.25) is 4.72 Å². The van der Waals surface area contributed by atoms with Crippen molar-refractivity contribution in [1.29, 1.82) is 0 Å². The number of halogens is 2. The van der Waals surface area contributed by atoms with E-state index in [1.165, 1.54) is 18.2 Å². The van der Waals surface area contributed by atoms with Crippen LogP contribution in [0.25, 0.3) is 0 Å². The Morgan fingerprint density at radius 2 is 2.00 bits per heavy atom. The smallest absolute Gasteiger partial charge is 0.265 e. The van der Waals surface area contributed by atoms with Gasteiger partial charge in [-0.05, 0) is 48.0 Å². The minimum Gasteiger partial charge on any atom is -0.465 e. The predicted octanol–water partition coefficient (Wildman–Crippen LogP) is 3.06. The highest BCUT2D eigenvalue weighted by molar-refractivity contribution is 9.10. The average Bonchev–Trinajstić information content (AvgIpc) is 2.68. The van der Waals surface area contributed by atoms with Crippen molar-refractivity contribution >= 4 is 31.6 Å². The fraction of sp³-hybridized carbons (Fsp3) is 0.231. The summed E-state index contributed by atoms with van der Waals surface area (Å²) in [6.45, 7) is 3.26. The number of furan rings is 1. The zero-order valence-electron chi connectivity index (χ0n) is 11.4. The molecular formula is C13H14BrFN2O3S. The van der Waals surface area contributed by atoms with Crippen LogP contribution in [-0.2, 0) is 16.6 Å². The highest BCUT2D eigenvalue weighted by atomic mass is 79.9. The van der Waals surface area contributed by atoms with Gasteiger partial charge in [0.2, 0.25) is 0 Å². The van der Waals surface area contributed by atoms with Gasteiger partial charge in [-0.25, -0.2) is 12.8 Å². The zero-order valence-corrected chi connectivity index (χ0v) is 13.8. The van der Waals surface area contributed by atoms with E-state index in [0.717, 1.165) is 0 Å². The van der Waals surface area contributed by atoms with E-state index < -0.39 is 15.8 Å². The Morgan fingerprint density at radius 1 is 1.33 bits per heavy atom. The van der Waals surface area contributed by atoms with E-state index in [4.69, 9.17) is 10.2 Å².